The standard InChI is InChI=1S/C32H48N4O8/c1-18-14-22-27(34-12-13-36(5)6)24(37)17-23(29(22)39)35-31(40)19(2)10-9-11-25(42-7)30(44-32(33)41)21(4)16-20(3)28(38)26(15-18)43-8/h9-11,16-18,20,25-26,28,30,34,38H,12-15H2,1-8H3,(H2,33,41)(H,35,40)/b11-9?,19-10+,21-16+/t18-,20+,25+,26+,28-,30+/m1/s1. The van der Waals surface area contributed by atoms with Gasteiger partial charge in [-0.2, -0.15) is 0 Å². The van der Waals surface area contributed by atoms with Crippen LogP contribution in [0.5, 0.6) is 0 Å². The number of carbonyl (C=O) groups excluding carboxylic acids is 4. The Morgan fingerprint density at radius 1 is 1.16 bits per heavy atom. The first-order valence-corrected chi connectivity index (χ1v) is 14.7. The smallest absolute Gasteiger partial charge is 0.405 e. The molecule has 6 atom stereocenters. The van der Waals surface area contributed by atoms with Crippen LogP contribution in [0.15, 0.2) is 58.5 Å². The van der Waals surface area contributed by atoms with Crippen LogP contribution in [0.25, 0.3) is 0 Å². The van der Waals surface area contributed by atoms with E-state index in [1.54, 1.807) is 32.1 Å². The number of methoxy groups -OCH3 is 2. The summed E-state index contributed by atoms with van der Waals surface area (Å²) in [6, 6.07) is 0. The lowest BCUT2D eigenvalue weighted by molar-refractivity contribution is -0.120. The Morgan fingerprint density at radius 3 is 2.43 bits per heavy atom. The van der Waals surface area contributed by atoms with Gasteiger partial charge in [-0.1, -0.05) is 38.2 Å². The molecule has 0 aromatic rings. The van der Waals surface area contributed by atoms with E-state index >= 15 is 0 Å². The van der Waals surface area contributed by atoms with Crippen molar-refractivity contribution in [3.8, 4) is 0 Å². The third kappa shape index (κ3) is 10.3. The molecule has 0 saturated carbocycles. The maximum atomic E-state index is 13.7. The Hall–Kier alpha value is -3.58. The number of allylic oxidation sites excluding steroid dienone is 4. The fourth-order valence-electron chi connectivity index (χ4n) is 5.18. The highest BCUT2D eigenvalue weighted by atomic mass is 16.6. The number of fused-ring (bicyclic) bond motifs is 2. The Labute approximate surface area is 260 Å². The van der Waals surface area contributed by atoms with Crippen LogP contribution in [-0.4, -0.2) is 99.4 Å². The van der Waals surface area contributed by atoms with Crippen molar-refractivity contribution < 1.29 is 38.5 Å². The first-order chi connectivity index (χ1) is 20.7. The minimum Gasteiger partial charge on any atom is -0.439 e. The van der Waals surface area contributed by atoms with Crippen LogP contribution in [0, 0.1) is 11.8 Å². The second kappa shape index (κ2) is 17.0. The Balaban J connectivity index is 2.60. The molecule has 0 saturated heterocycles. The van der Waals surface area contributed by atoms with Gasteiger partial charge in [-0.3, -0.25) is 14.4 Å². The second-order valence-corrected chi connectivity index (χ2v) is 11.7. The summed E-state index contributed by atoms with van der Waals surface area (Å²) in [6.45, 7) is 8.09. The maximum absolute atomic E-state index is 13.7. The number of ketones is 2. The number of aliphatic hydroxyl groups is 1. The van der Waals surface area contributed by atoms with Gasteiger partial charge in [0.15, 0.2) is 6.10 Å². The zero-order chi connectivity index (χ0) is 33.1. The normalized spacial score (nSPS) is 30.2. The molecule has 12 nitrogen and oxygen atoms in total. The fraction of sp³-hybridized carbons (Fsp3) is 0.562. The second-order valence-electron chi connectivity index (χ2n) is 11.7. The molecule has 1 aliphatic carbocycles. The zero-order valence-corrected chi connectivity index (χ0v) is 27.0. The summed E-state index contributed by atoms with van der Waals surface area (Å²) >= 11 is 0. The van der Waals surface area contributed by atoms with Gasteiger partial charge in [-0.15, -0.1) is 0 Å². The lowest BCUT2D eigenvalue weighted by Gasteiger charge is -2.30. The largest absolute Gasteiger partial charge is 0.439 e. The molecule has 0 fully saturated rings. The summed E-state index contributed by atoms with van der Waals surface area (Å²) in [7, 11) is 6.74. The summed E-state index contributed by atoms with van der Waals surface area (Å²) in [6.07, 6.45) is 3.88. The number of ether oxygens (including phenoxy) is 3. The van der Waals surface area contributed by atoms with Gasteiger partial charge in [0.05, 0.1) is 23.6 Å². The third-order valence-electron chi connectivity index (χ3n) is 7.65. The number of likely N-dealkylation sites (N-methyl/N-ethyl adjacent to an activating group) is 1. The van der Waals surface area contributed by atoms with Crippen molar-refractivity contribution in [2.75, 3.05) is 41.4 Å². The Bertz CT molecular complexity index is 1230. The molecular formula is C32H48N4O8. The molecule has 244 valence electrons. The first kappa shape index (κ1) is 36.6. The number of hydrogen-bond acceptors (Lipinski definition) is 10. The van der Waals surface area contributed by atoms with E-state index in [2.05, 4.69) is 10.6 Å². The minimum absolute atomic E-state index is 0.114. The fourth-order valence-corrected chi connectivity index (χ4v) is 5.18. The third-order valence-corrected chi connectivity index (χ3v) is 7.65. The van der Waals surface area contributed by atoms with E-state index in [1.165, 1.54) is 20.3 Å². The van der Waals surface area contributed by atoms with Crippen LogP contribution in [0.2, 0.25) is 0 Å². The lowest BCUT2D eigenvalue weighted by Crippen LogP contribution is -2.38. The number of amides is 2. The summed E-state index contributed by atoms with van der Waals surface area (Å²) in [5.74, 6) is -2.06. The average molecular weight is 617 g/mol. The molecule has 0 aromatic carbocycles. The van der Waals surface area contributed by atoms with Crippen LogP contribution >= 0.6 is 0 Å². The molecule has 1 aliphatic heterocycles. The topological polar surface area (TPSA) is 170 Å². The summed E-state index contributed by atoms with van der Waals surface area (Å²) < 4.78 is 16.6. The number of aliphatic hydroxyl groups excluding tert-OH is 1. The first-order valence-electron chi connectivity index (χ1n) is 14.7. The van der Waals surface area contributed by atoms with Gasteiger partial charge in [0.1, 0.15) is 6.10 Å². The Morgan fingerprint density at radius 2 is 1.84 bits per heavy atom. The van der Waals surface area contributed by atoms with Crippen molar-refractivity contribution in [1.82, 2.24) is 15.5 Å². The van der Waals surface area contributed by atoms with E-state index in [-0.39, 0.29) is 34.9 Å². The monoisotopic (exact) mass is 616 g/mol. The molecule has 12 heteroatoms. The molecule has 0 unspecified atom stereocenters. The molecule has 5 N–H and O–H groups in total. The highest BCUT2D eigenvalue weighted by Crippen LogP contribution is 2.28. The van der Waals surface area contributed by atoms with Gasteiger partial charge in [0.2, 0.25) is 11.6 Å². The molecule has 2 amide bonds. The summed E-state index contributed by atoms with van der Waals surface area (Å²) in [4.78, 5) is 53.7. The molecule has 2 bridgehead atoms. The highest BCUT2D eigenvalue weighted by molar-refractivity contribution is 6.23. The van der Waals surface area contributed by atoms with E-state index < -0.39 is 53.9 Å². The van der Waals surface area contributed by atoms with Gasteiger partial charge in [-0.25, -0.2) is 4.79 Å². The van der Waals surface area contributed by atoms with Crippen molar-refractivity contribution in [2.24, 2.45) is 17.6 Å². The number of primary amides is 1. The number of carbonyl (C=O) groups is 4. The van der Waals surface area contributed by atoms with Gasteiger partial charge in [0.25, 0.3) is 5.91 Å². The van der Waals surface area contributed by atoms with Crippen LogP contribution in [0.4, 0.5) is 4.79 Å². The molecular weight excluding hydrogens is 568 g/mol. The van der Waals surface area contributed by atoms with Crippen LogP contribution < -0.4 is 16.4 Å². The predicted molar refractivity (Wildman–Crippen MR) is 166 cm³/mol. The number of nitrogens with one attached hydrogen (secondary N) is 2. The van der Waals surface area contributed by atoms with E-state index in [9.17, 15) is 24.3 Å². The molecule has 2 aliphatic rings. The van der Waals surface area contributed by atoms with Crippen molar-refractivity contribution >= 4 is 23.6 Å². The van der Waals surface area contributed by atoms with Crippen molar-refractivity contribution in [3.05, 3.63) is 58.5 Å². The summed E-state index contributed by atoms with van der Waals surface area (Å²) in [5.41, 5.74) is 6.55. The number of Topliss-reactive ketones (excluding diaryl/α,β-unsaturated/α-hetero) is 1. The molecule has 0 spiro atoms. The molecule has 2 rings (SSSR count). The molecule has 44 heavy (non-hydrogen) atoms. The Kier molecular flexibility index (Phi) is 14.2. The predicted octanol–water partition coefficient (Wildman–Crippen LogP) is 1.91. The summed E-state index contributed by atoms with van der Waals surface area (Å²) in [5, 5.41) is 17.0. The number of hydrogen-bond donors (Lipinski definition) is 4. The van der Waals surface area contributed by atoms with E-state index in [0.717, 1.165) is 6.08 Å². The van der Waals surface area contributed by atoms with E-state index in [4.69, 9.17) is 19.9 Å². The van der Waals surface area contributed by atoms with Crippen LogP contribution in [-0.2, 0) is 28.6 Å². The minimum atomic E-state index is -0.997. The quantitative estimate of drug-likeness (QED) is 0.245. The van der Waals surface area contributed by atoms with Crippen LogP contribution in [0.1, 0.15) is 40.5 Å². The van der Waals surface area contributed by atoms with Gasteiger partial charge in [0, 0.05) is 50.4 Å². The van der Waals surface area contributed by atoms with Crippen molar-refractivity contribution in [3.63, 3.8) is 0 Å². The highest BCUT2D eigenvalue weighted by Gasteiger charge is 2.33. The molecule has 0 radical (unpaired) electrons. The maximum Gasteiger partial charge on any atom is 0.405 e. The van der Waals surface area contributed by atoms with Crippen LogP contribution in [0.3, 0.4) is 0 Å². The van der Waals surface area contributed by atoms with Gasteiger partial charge in [-0.05, 0) is 52.3 Å². The van der Waals surface area contributed by atoms with Crippen molar-refractivity contribution in [2.45, 2.75) is 65.0 Å². The average Bonchev–Trinajstić information content (AvgIpc) is 2.95. The van der Waals surface area contributed by atoms with E-state index in [1.807, 2.05) is 32.8 Å². The van der Waals surface area contributed by atoms with Gasteiger partial charge < -0.3 is 40.6 Å². The molecule has 0 aromatic heterocycles. The van der Waals surface area contributed by atoms with Gasteiger partial charge >= 0.3 is 6.09 Å². The van der Waals surface area contributed by atoms with Crippen molar-refractivity contribution in [1.29, 1.82) is 0 Å². The molecule has 1 heterocycles. The number of nitrogens with zero attached hydrogens (tertiary/aromatic N) is 1. The number of nitrogens with two attached hydrogens (primary N) is 1. The zero-order valence-electron chi connectivity index (χ0n) is 27.0. The lowest BCUT2D eigenvalue weighted by atomic mass is 9.85. The number of rotatable bonds is 7. The van der Waals surface area contributed by atoms with E-state index in [0.29, 0.717) is 25.1 Å². The SMILES string of the molecule is CO[C@H]1C=C/C=C(\C)C(=O)NC2=CC(=O)C(NCCN(C)C)=C(C[C@@H](C)C[C@H](OC)[C@H](O)[C@@H](C)/C=C(\C)[C@@H]1OC(N)=O)C2=O.